The highest BCUT2D eigenvalue weighted by Crippen LogP contribution is 2.10. The lowest BCUT2D eigenvalue weighted by Crippen LogP contribution is -2.38. The Morgan fingerprint density at radius 2 is 2.07 bits per heavy atom. The largest absolute Gasteiger partial charge is 0.357 e. The molecule has 3 rings (SSSR count). The number of imidazole rings is 1. The molecule has 1 aromatic carbocycles. The van der Waals surface area contributed by atoms with E-state index in [2.05, 4.69) is 44.2 Å². The van der Waals surface area contributed by atoms with Gasteiger partial charge in [0.1, 0.15) is 11.5 Å². The molecular weight excluding hydrogens is 341 g/mol. The van der Waals surface area contributed by atoms with Crippen molar-refractivity contribution in [3.63, 3.8) is 0 Å². The molecule has 0 spiro atoms. The van der Waals surface area contributed by atoms with Crippen molar-refractivity contribution < 1.29 is 4.39 Å². The van der Waals surface area contributed by atoms with E-state index in [1.165, 1.54) is 11.6 Å². The van der Waals surface area contributed by atoms with Crippen LogP contribution in [0.3, 0.4) is 0 Å². The maximum absolute atomic E-state index is 13.2. The van der Waals surface area contributed by atoms with E-state index >= 15 is 0 Å². The zero-order valence-electron chi connectivity index (χ0n) is 15.9. The molecule has 2 N–H and O–H groups in total. The summed E-state index contributed by atoms with van der Waals surface area (Å²) in [6.45, 7) is 6.24. The average molecular weight is 367 g/mol. The number of pyridine rings is 1. The monoisotopic (exact) mass is 367 g/mol. The Kier molecular flexibility index (Phi) is 6.41. The van der Waals surface area contributed by atoms with Crippen LogP contribution >= 0.6 is 0 Å². The molecule has 0 fully saturated rings. The Morgan fingerprint density at radius 1 is 1.19 bits per heavy atom. The van der Waals surface area contributed by atoms with Crippen LogP contribution in [-0.4, -0.2) is 35.0 Å². The molecule has 0 aliphatic heterocycles. The van der Waals surface area contributed by atoms with Crippen molar-refractivity contribution in [2.24, 2.45) is 4.99 Å². The second-order valence-corrected chi connectivity index (χ2v) is 6.47. The van der Waals surface area contributed by atoms with Gasteiger partial charge in [0.05, 0.1) is 5.69 Å². The number of halogens is 1. The molecule has 0 atom stereocenters. The molecule has 0 radical (unpaired) electrons. The molecule has 0 bridgehead atoms. The minimum Gasteiger partial charge on any atom is -0.357 e. The molecule has 6 heteroatoms. The third kappa shape index (κ3) is 5.29. The molecule has 0 unspecified atom stereocenters. The van der Waals surface area contributed by atoms with E-state index in [4.69, 9.17) is 0 Å². The predicted molar refractivity (Wildman–Crippen MR) is 108 cm³/mol. The van der Waals surface area contributed by atoms with Gasteiger partial charge >= 0.3 is 0 Å². The standard InChI is InChI=1S/C21H26FN5/c1-3-23-21(24-11-9-17-7-4-8-18(22)14-17)25-12-10-19-15-27-13-5-6-16(2)20(27)26-19/h4-8,13-15H,3,9-12H2,1-2H3,(H2,23,24,25). The number of aromatic nitrogens is 2. The van der Waals surface area contributed by atoms with E-state index in [0.29, 0.717) is 13.1 Å². The number of fused-ring (bicyclic) bond motifs is 1. The maximum atomic E-state index is 13.2. The number of benzene rings is 1. The number of aliphatic imine (C=N–C) groups is 1. The van der Waals surface area contributed by atoms with Crippen LogP contribution in [0.2, 0.25) is 0 Å². The lowest BCUT2D eigenvalue weighted by Gasteiger charge is -2.11. The fraction of sp³-hybridized carbons (Fsp3) is 0.333. The summed E-state index contributed by atoms with van der Waals surface area (Å²) in [6.07, 6.45) is 5.60. The lowest BCUT2D eigenvalue weighted by atomic mass is 10.1. The van der Waals surface area contributed by atoms with Gasteiger partial charge in [-0.3, -0.25) is 4.99 Å². The topological polar surface area (TPSA) is 53.7 Å². The molecule has 0 aliphatic rings. The predicted octanol–water partition coefficient (Wildman–Crippen LogP) is 3.12. The summed E-state index contributed by atoms with van der Waals surface area (Å²) in [5, 5.41) is 6.54. The van der Waals surface area contributed by atoms with Crippen LogP contribution in [0, 0.1) is 12.7 Å². The SMILES string of the molecule is CCNC(=NCCc1cn2cccc(C)c2n1)NCCc1cccc(F)c1. The van der Waals surface area contributed by atoms with Gasteiger partial charge in [0.25, 0.3) is 0 Å². The molecular formula is C21H26FN5. The van der Waals surface area contributed by atoms with Crippen LogP contribution in [0.1, 0.15) is 23.7 Å². The highest BCUT2D eigenvalue weighted by molar-refractivity contribution is 5.79. The zero-order chi connectivity index (χ0) is 19.1. The minimum absolute atomic E-state index is 0.198. The summed E-state index contributed by atoms with van der Waals surface area (Å²) >= 11 is 0. The molecule has 0 saturated carbocycles. The molecule has 2 aromatic heterocycles. The molecule has 2 heterocycles. The van der Waals surface area contributed by atoms with Crippen LogP contribution in [0.15, 0.2) is 53.8 Å². The Bertz CT molecular complexity index is 916. The van der Waals surface area contributed by atoms with E-state index in [0.717, 1.165) is 42.3 Å². The first-order valence-corrected chi connectivity index (χ1v) is 9.35. The van der Waals surface area contributed by atoms with Gasteiger partial charge in [-0.15, -0.1) is 0 Å². The summed E-state index contributed by atoms with van der Waals surface area (Å²) < 4.78 is 15.3. The molecule has 0 aliphatic carbocycles. The molecule has 0 amide bonds. The number of guanidine groups is 1. The molecule has 142 valence electrons. The van der Waals surface area contributed by atoms with Gasteiger partial charge in [-0.1, -0.05) is 18.2 Å². The summed E-state index contributed by atoms with van der Waals surface area (Å²) in [6, 6.07) is 10.8. The van der Waals surface area contributed by atoms with Crippen molar-refractivity contribution >= 4 is 11.6 Å². The highest BCUT2D eigenvalue weighted by Gasteiger charge is 2.04. The van der Waals surface area contributed by atoms with Gasteiger partial charge in [-0.05, 0) is 49.6 Å². The smallest absolute Gasteiger partial charge is 0.191 e. The van der Waals surface area contributed by atoms with E-state index in [1.54, 1.807) is 12.1 Å². The van der Waals surface area contributed by atoms with Crippen molar-refractivity contribution in [1.29, 1.82) is 0 Å². The maximum Gasteiger partial charge on any atom is 0.191 e. The summed E-state index contributed by atoms with van der Waals surface area (Å²) in [5.41, 5.74) is 4.17. The minimum atomic E-state index is -0.198. The lowest BCUT2D eigenvalue weighted by molar-refractivity contribution is 0.625. The van der Waals surface area contributed by atoms with Crippen molar-refractivity contribution in [3.05, 3.63) is 71.4 Å². The normalized spacial score (nSPS) is 11.7. The Balaban J connectivity index is 1.54. The Labute approximate surface area is 159 Å². The number of hydrogen-bond donors (Lipinski definition) is 2. The molecule has 27 heavy (non-hydrogen) atoms. The second-order valence-electron chi connectivity index (χ2n) is 6.47. The van der Waals surface area contributed by atoms with E-state index < -0.39 is 0 Å². The van der Waals surface area contributed by atoms with Crippen LogP contribution in [-0.2, 0) is 12.8 Å². The third-order valence-corrected chi connectivity index (χ3v) is 4.31. The van der Waals surface area contributed by atoms with Crippen molar-refractivity contribution in [3.8, 4) is 0 Å². The van der Waals surface area contributed by atoms with Crippen molar-refractivity contribution in [1.82, 2.24) is 20.0 Å². The molecule has 3 aromatic rings. The van der Waals surface area contributed by atoms with Gasteiger partial charge in [0.2, 0.25) is 0 Å². The quantitative estimate of drug-likeness (QED) is 0.498. The van der Waals surface area contributed by atoms with Gasteiger partial charge in [0.15, 0.2) is 5.96 Å². The van der Waals surface area contributed by atoms with Crippen LogP contribution < -0.4 is 10.6 Å². The Morgan fingerprint density at radius 3 is 2.85 bits per heavy atom. The molecule has 5 nitrogen and oxygen atoms in total. The fourth-order valence-electron chi connectivity index (χ4n) is 2.97. The Hall–Kier alpha value is -2.89. The fourth-order valence-corrected chi connectivity index (χ4v) is 2.97. The van der Waals surface area contributed by atoms with Crippen LogP contribution in [0.5, 0.6) is 0 Å². The number of hydrogen-bond acceptors (Lipinski definition) is 2. The van der Waals surface area contributed by atoms with Crippen molar-refractivity contribution in [2.75, 3.05) is 19.6 Å². The van der Waals surface area contributed by atoms with E-state index in [1.807, 2.05) is 25.3 Å². The first-order chi connectivity index (χ1) is 13.2. The zero-order valence-corrected chi connectivity index (χ0v) is 15.9. The summed E-state index contributed by atoms with van der Waals surface area (Å²) in [5.74, 6) is 0.574. The first kappa shape index (κ1) is 18.9. The second kappa shape index (κ2) is 9.16. The van der Waals surface area contributed by atoms with E-state index in [9.17, 15) is 4.39 Å². The van der Waals surface area contributed by atoms with Crippen molar-refractivity contribution in [2.45, 2.75) is 26.7 Å². The first-order valence-electron chi connectivity index (χ1n) is 9.35. The van der Waals surface area contributed by atoms with Crippen LogP contribution in [0.4, 0.5) is 4.39 Å². The molecule has 0 saturated heterocycles. The number of nitrogens with one attached hydrogen (secondary N) is 2. The van der Waals surface area contributed by atoms with Gasteiger partial charge in [-0.25, -0.2) is 9.37 Å². The van der Waals surface area contributed by atoms with Gasteiger partial charge < -0.3 is 15.0 Å². The van der Waals surface area contributed by atoms with Gasteiger partial charge in [-0.2, -0.15) is 0 Å². The number of nitrogens with zero attached hydrogens (tertiary/aromatic N) is 3. The number of aryl methyl sites for hydroxylation is 1. The summed E-state index contributed by atoms with van der Waals surface area (Å²) in [4.78, 5) is 9.30. The van der Waals surface area contributed by atoms with Crippen LogP contribution in [0.25, 0.3) is 5.65 Å². The number of rotatable bonds is 7. The third-order valence-electron chi connectivity index (χ3n) is 4.31. The summed E-state index contributed by atoms with van der Waals surface area (Å²) in [7, 11) is 0. The van der Waals surface area contributed by atoms with Gasteiger partial charge in [0, 0.05) is 38.4 Å². The highest BCUT2D eigenvalue weighted by atomic mass is 19.1. The van der Waals surface area contributed by atoms with E-state index in [-0.39, 0.29) is 5.82 Å². The average Bonchev–Trinajstić information content (AvgIpc) is 3.06.